The van der Waals surface area contributed by atoms with Crippen LogP contribution in [0.4, 0.5) is 0 Å². The highest BCUT2D eigenvalue weighted by Crippen LogP contribution is 2.10. The molecular weight excluding hydrogens is 200 g/mol. The Hall–Kier alpha value is -2.03. The highest BCUT2D eigenvalue weighted by molar-refractivity contribution is 5.95. The molecule has 0 saturated carbocycles. The quantitative estimate of drug-likeness (QED) is 0.578. The van der Waals surface area contributed by atoms with Crippen LogP contribution in [0, 0.1) is 0 Å². The van der Waals surface area contributed by atoms with Gasteiger partial charge in [-0.1, -0.05) is 18.2 Å². The van der Waals surface area contributed by atoms with Gasteiger partial charge in [0, 0.05) is 6.42 Å². The second-order valence-electron chi connectivity index (χ2n) is 3.49. The number of carbonyl (C=O) groups is 1. The Morgan fingerprint density at radius 1 is 1.31 bits per heavy atom. The summed E-state index contributed by atoms with van der Waals surface area (Å²) in [5.74, 6) is 0.0122. The van der Waals surface area contributed by atoms with Crippen LogP contribution in [0.5, 0.6) is 0 Å². The molecule has 3 heteroatoms. The first-order valence-electron chi connectivity index (χ1n) is 5.17. The summed E-state index contributed by atoms with van der Waals surface area (Å²) >= 11 is 0. The maximum absolute atomic E-state index is 11.7. The first-order valence-corrected chi connectivity index (χ1v) is 5.17. The molecule has 0 spiro atoms. The number of rotatable bonds is 4. The predicted octanol–water partition coefficient (Wildman–Crippen LogP) is 2.78. The molecule has 0 atom stereocenters. The molecule has 0 saturated heterocycles. The molecular formula is C13H12N2O. The van der Waals surface area contributed by atoms with Crippen molar-refractivity contribution in [2.75, 3.05) is 0 Å². The monoisotopic (exact) mass is 212 g/mol. The molecule has 1 heterocycles. The minimum Gasteiger partial charge on any atom is -0.292 e. The Kier molecular flexibility index (Phi) is 3.05. The molecule has 1 aromatic carbocycles. The average molecular weight is 212 g/mol. The van der Waals surface area contributed by atoms with Gasteiger partial charge in [-0.2, -0.15) is 0 Å². The van der Waals surface area contributed by atoms with Crippen molar-refractivity contribution in [3.63, 3.8) is 0 Å². The third-order valence-electron chi connectivity index (χ3n) is 2.31. The molecule has 16 heavy (non-hydrogen) atoms. The van der Waals surface area contributed by atoms with Crippen LogP contribution in [-0.2, 0) is 0 Å². The average Bonchev–Trinajstić information content (AvgIpc) is 2.35. The SMILES string of the molecule is C=CCCC(=O)c1cnc2ccccc2n1. The van der Waals surface area contributed by atoms with Gasteiger partial charge in [-0.3, -0.25) is 9.78 Å². The highest BCUT2D eigenvalue weighted by atomic mass is 16.1. The predicted molar refractivity (Wildman–Crippen MR) is 63.3 cm³/mol. The van der Waals surface area contributed by atoms with E-state index >= 15 is 0 Å². The van der Waals surface area contributed by atoms with E-state index in [2.05, 4.69) is 16.5 Å². The van der Waals surface area contributed by atoms with E-state index in [9.17, 15) is 4.79 Å². The summed E-state index contributed by atoms with van der Waals surface area (Å²) in [7, 11) is 0. The topological polar surface area (TPSA) is 42.9 Å². The van der Waals surface area contributed by atoms with Crippen LogP contribution in [0.2, 0.25) is 0 Å². The third-order valence-corrected chi connectivity index (χ3v) is 2.31. The number of hydrogen-bond acceptors (Lipinski definition) is 3. The second kappa shape index (κ2) is 4.66. The van der Waals surface area contributed by atoms with E-state index in [-0.39, 0.29) is 5.78 Å². The minimum atomic E-state index is 0.0122. The lowest BCUT2D eigenvalue weighted by Crippen LogP contribution is -2.02. The largest absolute Gasteiger partial charge is 0.292 e. The van der Waals surface area contributed by atoms with Crippen molar-refractivity contribution in [1.29, 1.82) is 0 Å². The molecule has 0 aliphatic heterocycles. The molecule has 2 rings (SSSR count). The van der Waals surface area contributed by atoms with E-state index in [0.717, 1.165) is 11.0 Å². The first kappa shape index (κ1) is 10.5. The molecule has 3 nitrogen and oxygen atoms in total. The number of benzene rings is 1. The van der Waals surface area contributed by atoms with Gasteiger partial charge in [-0.05, 0) is 18.6 Å². The molecule has 0 radical (unpaired) electrons. The summed E-state index contributed by atoms with van der Waals surface area (Å²) in [5.41, 5.74) is 2.00. The number of ketones is 1. The molecule has 0 unspecified atom stereocenters. The molecule has 0 aliphatic rings. The Morgan fingerprint density at radius 2 is 2.06 bits per heavy atom. The summed E-state index contributed by atoms with van der Waals surface area (Å²) in [4.78, 5) is 20.2. The standard InChI is InChI=1S/C13H12N2O/c1-2-3-8-13(16)12-9-14-10-6-4-5-7-11(10)15-12/h2,4-7,9H,1,3,8H2. The van der Waals surface area contributed by atoms with Crippen LogP contribution in [0.1, 0.15) is 23.3 Å². The van der Waals surface area contributed by atoms with E-state index in [1.54, 1.807) is 6.08 Å². The van der Waals surface area contributed by atoms with Crippen molar-refractivity contribution in [2.45, 2.75) is 12.8 Å². The second-order valence-corrected chi connectivity index (χ2v) is 3.49. The first-order chi connectivity index (χ1) is 7.81. The van der Waals surface area contributed by atoms with Crippen molar-refractivity contribution < 1.29 is 4.79 Å². The van der Waals surface area contributed by atoms with Gasteiger partial charge in [0.05, 0.1) is 17.2 Å². The zero-order chi connectivity index (χ0) is 11.4. The van der Waals surface area contributed by atoms with Crippen LogP contribution in [-0.4, -0.2) is 15.8 Å². The van der Waals surface area contributed by atoms with Crippen molar-refractivity contribution >= 4 is 16.8 Å². The fourth-order valence-corrected chi connectivity index (χ4v) is 1.45. The third kappa shape index (κ3) is 2.14. The molecule has 0 amide bonds. The Morgan fingerprint density at radius 3 is 2.81 bits per heavy atom. The van der Waals surface area contributed by atoms with Gasteiger partial charge in [0.2, 0.25) is 0 Å². The van der Waals surface area contributed by atoms with Crippen molar-refractivity contribution in [1.82, 2.24) is 9.97 Å². The number of fused-ring (bicyclic) bond motifs is 1. The lowest BCUT2D eigenvalue weighted by molar-refractivity contribution is 0.0979. The van der Waals surface area contributed by atoms with Crippen LogP contribution >= 0.6 is 0 Å². The van der Waals surface area contributed by atoms with Crippen LogP contribution in [0.3, 0.4) is 0 Å². The zero-order valence-corrected chi connectivity index (χ0v) is 8.89. The summed E-state index contributed by atoms with van der Waals surface area (Å²) < 4.78 is 0. The molecule has 0 bridgehead atoms. The maximum Gasteiger partial charge on any atom is 0.183 e. The lowest BCUT2D eigenvalue weighted by Gasteiger charge is -2.00. The molecule has 0 fully saturated rings. The fourth-order valence-electron chi connectivity index (χ4n) is 1.45. The molecule has 80 valence electrons. The Balaban J connectivity index is 2.32. The van der Waals surface area contributed by atoms with E-state index in [1.165, 1.54) is 6.20 Å². The molecule has 1 aromatic heterocycles. The number of aromatic nitrogens is 2. The summed E-state index contributed by atoms with van der Waals surface area (Å²) in [6.45, 7) is 3.59. The smallest absolute Gasteiger partial charge is 0.183 e. The number of allylic oxidation sites excluding steroid dienone is 1. The minimum absolute atomic E-state index is 0.0122. The van der Waals surface area contributed by atoms with Gasteiger partial charge in [0.1, 0.15) is 5.69 Å². The summed E-state index contributed by atoms with van der Waals surface area (Å²) in [6, 6.07) is 7.51. The zero-order valence-electron chi connectivity index (χ0n) is 8.89. The van der Waals surface area contributed by atoms with Gasteiger partial charge in [-0.15, -0.1) is 6.58 Å². The lowest BCUT2D eigenvalue weighted by atomic mass is 10.1. The molecule has 2 aromatic rings. The highest BCUT2D eigenvalue weighted by Gasteiger charge is 2.07. The van der Waals surface area contributed by atoms with Crippen LogP contribution in [0.25, 0.3) is 11.0 Å². The van der Waals surface area contributed by atoms with Crippen LogP contribution < -0.4 is 0 Å². The van der Waals surface area contributed by atoms with Crippen molar-refractivity contribution in [3.8, 4) is 0 Å². The maximum atomic E-state index is 11.7. The molecule has 0 N–H and O–H groups in total. The van der Waals surface area contributed by atoms with Crippen LogP contribution in [0.15, 0.2) is 43.1 Å². The van der Waals surface area contributed by atoms with Crippen molar-refractivity contribution in [3.05, 3.63) is 48.8 Å². The number of Topliss-reactive ketones (excluding diaryl/α,β-unsaturated/α-hetero) is 1. The number of para-hydroxylation sites is 2. The summed E-state index contributed by atoms with van der Waals surface area (Å²) in [6.07, 6.45) is 4.38. The normalized spacial score (nSPS) is 10.2. The fraction of sp³-hybridized carbons (Fsp3) is 0.154. The van der Waals surface area contributed by atoms with E-state index < -0.39 is 0 Å². The van der Waals surface area contributed by atoms with Crippen molar-refractivity contribution in [2.24, 2.45) is 0 Å². The van der Waals surface area contributed by atoms with Gasteiger partial charge in [-0.25, -0.2) is 4.98 Å². The van der Waals surface area contributed by atoms with Gasteiger partial charge in [0.25, 0.3) is 0 Å². The van der Waals surface area contributed by atoms with Gasteiger partial charge < -0.3 is 0 Å². The Labute approximate surface area is 93.8 Å². The number of carbonyl (C=O) groups excluding carboxylic acids is 1. The Bertz CT molecular complexity index is 534. The number of hydrogen-bond donors (Lipinski definition) is 0. The van der Waals surface area contributed by atoms with Gasteiger partial charge >= 0.3 is 0 Å². The van der Waals surface area contributed by atoms with E-state index in [4.69, 9.17) is 0 Å². The number of nitrogens with zero attached hydrogens (tertiary/aromatic N) is 2. The van der Waals surface area contributed by atoms with E-state index in [0.29, 0.717) is 18.5 Å². The summed E-state index contributed by atoms with van der Waals surface area (Å²) in [5, 5.41) is 0. The van der Waals surface area contributed by atoms with E-state index in [1.807, 2.05) is 24.3 Å². The molecule has 0 aliphatic carbocycles. The van der Waals surface area contributed by atoms with Gasteiger partial charge in [0.15, 0.2) is 5.78 Å².